The molecule has 0 aliphatic carbocycles. The van der Waals surface area contributed by atoms with E-state index in [-0.39, 0.29) is 0 Å². The highest BCUT2D eigenvalue weighted by Crippen LogP contribution is 2.08. The van der Waals surface area contributed by atoms with E-state index in [1.165, 1.54) is 0 Å². The number of nitrogens with zero attached hydrogens (tertiary/aromatic N) is 1. The maximum atomic E-state index is 5.60. The molecule has 0 radical (unpaired) electrons. The number of para-hydroxylation sites is 1. The molecule has 0 heterocycles. The number of aliphatic imine (C=N–C) groups is 1. The Kier molecular flexibility index (Phi) is 7.94. The van der Waals surface area contributed by atoms with Crippen molar-refractivity contribution in [2.24, 2.45) is 4.99 Å². The number of nitrogens with one attached hydrogen (secondary N) is 2. The summed E-state index contributed by atoms with van der Waals surface area (Å²) in [7, 11) is 0. The molecular weight excluding hydrogens is 238 g/mol. The molecule has 0 saturated carbocycles. The summed E-state index contributed by atoms with van der Waals surface area (Å²) < 4.78 is 5.60. The van der Waals surface area contributed by atoms with Crippen LogP contribution in [0.2, 0.25) is 0 Å². The van der Waals surface area contributed by atoms with E-state index in [9.17, 15) is 0 Å². The second-order valence-electron chi connectivity index (χ2n) is 3.95. The second kappa shape index (κ2) is 10.00. The molecule has 19 heavy (non-hydrogen) atoms. The van der Waals surface area contributed by atoms with Crippen molar-refractivity contribution >= 4 is 5.96 Å². The van der Waals surface area contributed by atoms with Crippen LogP contribution >= 0.6 is 0 Å². The SMILES string of the molecule is C=CCNC(=NCCCOc1ccccc1)NCC. The van der Waals surface area contributed by atoms with Gasteiger partial charge < -0.3 is 15.4 Å². The molecule has 2 N–H and O–H groups in total. The maximum absolute atomic E-state index is 5.60. The van der Waals surface area contributed by atoms with Crippen LogP contribution in [0.3, 0.4) is 0 Å². The Balaban J connectivity index is 2.21. The van der Waals surface area contributed by atoms with E-state index in [0.29, 0.717) is 13.2 Å². The van der Waals surface area contributed by atoms with Crippen molar-refractivity contribution < 1.29 is 4.74 Å². The molecule has 0 unspecified atom stereocenters. The van der Waals surface area contributed by atoms with Crippen molar-refractivity contribution in [3.63, 3.8) is 0 Å². The molecule has 0 amide bonds. The zero-order valence-corrected chi connectivity index (χ0v) is 11.6. The highest BCUT2D eigenvalue weighted by molar-refractivity contribution is 5.79. The van der Waals surface area contributed by atoms with E-state index in [0.717, 1.165) is 31.2 Å². The monoisotopic (exact) mass is 261 g/mol. The van der Waals surface area contributed by atoms with Gasteiger partial charge in [0.25, 0.3) is 0 Å². The average Bonchev–Trinajstić information content (AvgIpc) is 2.45. The first-order valence-electron chi connectivity index (χ1n) is 6.67. The maximum Gasteiger partial charge on any atom is 0.191 e. The average molecular weight is 261 g/mol. The lowest BCUT2D eigenvalue weighted by Crippen LogP contribution is -2.37. The van der Waals surface area contributed by atoms with Crippen molar-refractivity contribution in [2.45, 2.75) is 13.3 Å². The van der Waals surface area contributed by atoms with Crippen LogP contribution in [-0.4, -0.2) is 32.2 Å². The minimum Gasteiger partial charge on any atom is -0.494 e. The Morgan fingerprint density at radius 2 is 2.11 bits per heavy atom. The summed E-state index contributed by atoms with van der Waals surface area (Å²) >= 11 is 0. The van der Waals surface area contributed by atoms with Crippen LogP contribution in [0.25, 0.3) is 0 Å². The fourth-order valence-corrected chi connectivity index (χ4v) is 1.47. The van der Waals surface area contributed by atoms with E-state index in [2.05, 4.69) is 22.2 Å². The number of ether oxygens (including phenoxy) is 1. The molecule has 0 spiro atoms. The van der Waals surface area contributed by atoms with Crippen molar-refractivity contribution in [2.75, 3.05) is 26.2 Å². The summed E-state index contributed by atoms with van der Waals surface area (Å²) in [6.07, 6.45) is 2.70. The van der Waals surface area contributed by atoms with Crippen molar-refractivity contribution in [3.05, 3.63) is 43.0 Å². The molecule has 104 valence electrons. The Labute approximate surface area is 115 Å². The van der Waals surface area contributed by atoms with Crippen LogP contribution in [-0.2, 0) is 0 Å². The third kappa shape index (κ3) is 7.13. The van der Waals surface area contributed by atoms with E-state index in [1.807, 2.05) is 43.3 Å². The van der Waals surface area contributed by atoms with E-state index >= 15 is 0 Å². The molecule has 0 fully saturated rings. The molecule has 0 bridgehead atoms. The lowest BCUT2D eigenvalue weighted by molar-refractivity contribution is 0.313. The second-order valence-corrected chi connectivity index (χ2v) is 3.95. The number of hydrogen-bond acceptors (Lipinski definition) is 2. The molecule has 1 aromatic carbocycles. The van der Waals surface area contributed by atoms with Gasteiger partial charge in [-0.05, 0) is 19.1 Å². The van der Waals surface area contributed by atoms with Crippen LogP contribution in [0.1, 0.15) is 13.3 Å². The van der Waals surface area contributed by atoms with Gasteiger partial charge in [-0.3, -0.25) is 4.99 Å². The Hall–Kier alpha value is -1.97. The largest absolute Gasteiger partial charge is 0.494 e. The highest BCUT2D eigenvalue weighted by atomic mass is 16.5. The number of guanidine groups is 1. The molecular formula is C15H23N3O. The Morgan fingerprint density at radius 1 is 1.32 bits per heavy atom. The lowest BCUT2D eigenvalue weighted by atomic mass is 10.3. The van der Waals surface area contributed by atoms with Gasteiger partial charge in [0.1, 0.15) is 5.75 Å². The summed E-state index contributed by atoms with van der Waals surface area (Å²) in [6, 6.07) is 9.83. The van der Waals surface area contributed by atoms with Gasteiger partial charge >= 0.3 is 0 Å². The number of rotatable bonds is 8. The number of benzene rings is 1. The topological polar surface area (TPSA) is 45.7 Å². The molecule has 1 aromatic rings. The summed E-state index contributed by atoms with van der Waals surface area (Å²) in [5.41, 5.74) is 0. The van der Waals surface area contributed by atoms with Crippen molar-refractivity contribution in [1.82, 2.24) is 10.6 Å². The molecule has 1 rings (SSSR count). The minimum atomic E-state index is 0.675. The fourth-order valence-electron chi connectivity index (χ4n) is 1.47. The normalized spacial score (nSPS) is 10.9. The standard InChI is InChI=1S/C15H23N3O/c1-3-11-17-15(16-4-2)18-12-8-13-19-14-9-6-5-7-10-14/h3,5-7,9-10H,1,4,8,11-13H2,2H3,(H2,16,17,18). The molecule has 0 aromatic heterocycles. The van der Waals surface area contributed by atoms with E-state index < -0.39 is 0 Å². The first-order valence-corrected chi connectivity index (χ1v) is 6.67. The smallest absolute Gasteiger partial charge is 0.191 e. The van der Waals surface area contributed by atoms with Gasteiger partial charge in [-0.2, -0.15) is 0 Å². The predicted octanol–water partition coefficient (Wildman–Crippen LogP) is 2.20. The summed E-state index contributed by atoms with van der Waals surface area (Å²) in [5, 5.41) is 6.34. The van der Waals surface area contributed by atoms with Gasteiger partial charge in [-0.25, -0.2) is 0 Å². The van der Waals surface area contributed by atoms with Gasteiger partial charge in [-0.15, -0.1) is 6.58 Å². The van der Waals surface area contributed by atoms with Crippen LogP contribution in [0.4, 0.5) is 0 Å². The Morgan fingerprint density at radius 3 is 2.79 bits per heavy atom. The zero-order valence-electron chi connectivity index (χ0n) is 11.6. The van der Waals surface area contributed by atoms with Crippen LogP contribution in [0.5, 0.6) is 5.75 Å². The molecule has 0 aliphatic rings. The van der Waals surface area contributed by atoms with Crippen molar-refractivity contribution in [3.8, 4) is 5.75 Å². The third-order valence-electron chi connectivity index (χ3n) is 2.34. The molecule has 4 nitrogen and oxygen atoms in total. The Bertz CT molecular complexity index is 376. The zero-order chi connectivity index (χ0) is 13.8. The molecule has 4 heteroatoms. The van der Waals surface area contributed by atoms with Gasteiger partial charge in [-0.1, -0.05) is 24.3 Å². The van der Waals surface area contributed by atoms with Crippen LogP contribution < -0.4 is 15.4 Å². The predicted molar refractivity (Wildman–Crippen MR) is 80.7 cm³/mol. The fraction of sp³-hybridized carbons (Fsp3) is 0.400. The van der Waals surface area contributed by atoms with Crippen molar-refractivity contribution in [1.29, 1.82) is 0 Å². The first kappa shape index (κ1) is 15.1. The summed E-state index contributed by atoms with van der Waals surface area (Å²) in [5.74, 6) is 1.73. The molecule has 0 atom stereocenters. The third-order valence-corrected chi connectivity index (χ3v) is 2.34. The van der Waals surface area contributed by atoms with E-state index in [4.69, 9.17) is 4.74 Å². The van der Waals surface area contributed by atoms with Crippen LogP contribution in [0.15, 0.2) is 48.0 Å². The molecule has 0 aliphatic heterocycles. The van der Waals surface area contributed by atoms with Gasteiger partial charge in [0, 0.05) is 26.1 Å². The first-order chi connectivity index (χ1) is 9.36. The lowest BCUT2D eigenvalue weighted by Gasteiger charge is -2.09. The van der Waals surface area contributed by atoms with Gasteiger partial charge in [0.15, 0.2) is 5.96 Å². The summed E-state index contributed by atoms with van der Waals surface area (Å²) in [4.78, 5) is 4.45. The van der Waals surface area contributed by atoms with Gasteiger partial charge in [0.2, 0.25) is 0 Å². The highest BCUT2D eigenvalue weighted by Gasteiger charge is 1.95. The van der Waals surface area contributed by atoms with Gasteiger partial charge in [0.05, 0.1) is 6.61 Å². The van der Waals surface area contributed by atoms with E-state index in [1.54, 1.807) is 0 Å². The molecule has 0 saturated heterocycles. The minimum absolute atomic E-state index is 0.675. The number of hydrogen-bond donors (Lipinski definition) is 2. The van der Waals surface area contributed by atoms with Crippen LogP contribution in [0, 0.1) is 0 Å². The quantitative estimate of drug-likeness (QED) is 0.326. The summed E-state index contributed by atoms with van der Waals surface area (Å²) in [6.45, 7) is 8.69.